The van der Waals surface area contributed by atoms with Crippen LogP contribution in [0.4, 0.5) is 5.13 Å². The standard InChI is InChI=1S/C11H16N2O4S2/c1-13(9-3-4-19(15,16)7-9)11-12-8(6-18-11)5-10(14)17-2/h6,9H,3-5,7H2,1-2H3. The molecule has 0 N–H and O–H groups in total. The molecule has 0 saturated carbocycles. The summed E-state index contributed by atoms with van der Waals surface area (Å²) in [5.74, 6) is 0.0839. The lowest BCUT2D eigenvalue weighted by Gasteiger charge is -2.22. The van der Waals surface area contributed by atoms with Gasteiger partial charge in [-0.3, -0.25) is 4.79 Å². The molecule has 1 saturated heterocycles. The summed E-state index contributed by atoms with van der Waals surface area (Å²) in [4.78, 5) is 17.4. The van der Waals surface area contributed by atoms with Gasteiger partial charge in [0.15, 0.2) is 15.0 Å². The van der Waals surface area contributed by atoms with Gasteiger partial charge in [-0.05, 0) is 6.42 Å². The number of hydrogen-bond acceptors (Lipinski definition) is 7. The topological polar surface area (TPSA) is 76.6 Å². The van der Waals surface area contributed by atoms with E-state index in [4.69, 9.17) is 0 Å². The number of ether oxygens (including phenoxy) is 1. The van der Waals surface area contributed by atoms with E-state index in [9.17, 15) is 13.2 Å². The fraction of sp³-hybridized carbons (Fsp3) is 0.636. The summed E-state index contributed by atoms with van der Waals surface area (Å²) in [6, 6.07) is -0.0258. The van der Waals surface area contributed by atoms with Gasteiger partial charge in [-0.1, -0.05) is 0 Å². The number of aromatic nitrogens is 1. The van der Waals surface area contributed by atoms with Crippen LogP contribution < -0.4 is 4.90 Å². The maximum atomic E-state index is 11.5. The van der Waals surface area contributed by atoms with Crippen molar-refractivity contribution in [1.29, 1.82) is 0 Å². The summed E-state index contributed by atoms with van der Waals surface area (Å²) >= 11 is 1.41. The molecule has 1 aromatic rings. The normalized spacial score (nSPS) is 21.3. The maximum absolute atomic E-state index is 11.5. The molecule has 2 heterocycles. The largest absolute Gasteiger partial charge is 0.469 e. The number of methoxy groups -OCH3 is 1. The van der Waals surface area contributed by atoms with Crippen LogP contribution in [-0.2, 0) is 25.8 Å². The second kappa shape index (κ2) is 5.46. The molecule has 1 aliphatic heterocycles. The first-order valence-corrected chi connectivity index (χ1v) is 8.56. The summed E-state index contributed by atoms with van der Waals surface area (Å²) in [5, 5.41) is 2.53. The zero-order valence-corrected chi connectivity index (χ0v) is 12.5. The van der Waals surface area contributed by atoms with Gasteiger partial charge in [-0.15, -0.1) is 11.3 Å². The highest BCUT2D eigenvalue weighted by molar-refractivity contribution is 7.91. The minimum Gasteiger partial charge on any atom is -0.469 e. The molecule has 6 nitrogen and oxygen atoms in total. The molecule has 8 heteroatoms. The number of esters is 1. The smallest absolute Gasteiger partial charge is 0.311 e. The summed E-state index contributed by atoms with van der Waals surface area (Å²) in [5.41, 5.74) is 0.652. The van der Waals surface area contributed by atoms with Crippen LogP contribution in [0.5, 0.6) is 0 Å². The second-order valence-corrected chi connectivity index (χ2v) is 7.61. The molecule has 1 unspecified atom stereocenters. The van der Waals surface area contributed by atoms with Gasteiger partial charge < -0.3 is 9.64 Å². The predicted octanol–water partition coefficient (Wildman–Crippen LogP) is 0.482. The van der Waals surface area contributed by atoms with Crippen molar-refractivity contribution in [2.24, 2.45) is 0 Å². The van der Waals surface area contributed by atoms with Crippen LogP contribution in [0.1, 0.15) is 12.1 Å². The van der Waals surface area contributed by atoms with Crippen LogP contribution in [-0.4, -0.2) is 51.1 Å². The predicted molar refractivity (Wildman–Crippen MR) is 73.3 cm³/mol. The van der Waals surface area contributed by atoms with Crippen molar-refractivity contribution >= 4 is 32.3 Å². The van der Waals surface area contributed by atoms with Crippen molar-refractivity contribution in [2.45, 2.75) is 18.9 Å². The molecule has 1 aromatic heterocycles. The van der Waals surface area contributed by atoms with Crippen molar-refractivity contribution in [3.63, 3.8) is 0 Å². The molecule has 0 spiro atoms. The molecular weight excluding hydrogens is 288 g/mol. The number of carbonyl (C=O) groups excluding carboxylic acids is 1. The molecule has 0 amide bonds. The number of sulfone groups is 1. The van der Waals surface area contributed by atoms with E-state index in [1.54, 1.807) is 5.38 Å². The minimum atomic E-state index is -2.90. The molecule has 106 valence electrons. The number of rotatable bonds is 4. The van der Waals surface area contributed by atoms with Gasteiger partial charge in [-0.25, -0.2) is 13.4 Å². The van der Waals surface area contributed by atoms with Gasteiger partial charge in [0.05, 0.1) is 30.7 Å². The summed E-state index contributed by atoms with van der Waals surface area (Å²) < 4.78 is 27.5. The van der Waals surface area contributed by atoms with Crippen molar-refractivity contribution < 1.29 is 17.9 Å². The third-order valence-corrected chi connectivity index (χ3v) is 5.88. The lowest BCUT2D eigenvalue weighted by atomic mass is 10.2. The first-order valence-electron chi connectivity index (χ1n) is 5.86. The van der Waals surface area contributed by atoms with Crippen LogP contribution in [0.25, 0.3) is 0 Å². The Morgan fingerprint density at radius 3 is 2.95 bits per heavy atom. The van der Waals surface area contributed by atoms with Crippen LogP contribution in [0.15, 0.2) is 5.38 Å². The fourth-order valence-corrected chi connectivity index (χ4v) is 4.63. The molecule has 0 radical (unpaired) electrons. The Morgan fingerprint density at radius 1 is 1.63 bits per heavy atom. The molecule has 0 bridgehead atoms. The average molecular weight is 304 g/mol. The zero-order valence-electron chi connectivity index (χ0n) is 10.8. The van der Waals surface area contributed by atoms with Gasteiger partial charge in [-0.2, -0.15) is 0 Å². The van der Waals surface area contributed by atoms with E-state index in [0.717, 1.165) is 5.13 Å². The SMILES string of the molecule is COC(=O)Cc1csc(N(C)C2CCS(=O)(=O)C2)n1. The zero-order chi connectivity index (χ0) is 14.0. The second-order valence-electron chi connectivity index (χ2n) is 4.54. The van der Waals surface area contributed by atoms with Crippen molar-refractivity contribution in [3.05, 3.63) is 11.1 Å². The van der Waals surface area contributed by atoms with Crippen LogP contribution in [0.3, 0.4) is 0 Å². The summed E-state index contributed by atoms with van der Waals surface area (Å²) in [6.07, 6.45) is 0.772. The van der Waals surface area contributed by atoms with Gasteiger partial charge in [0.2, 0.25) is 0 Å². The Labute approximate surface area is 116 Å². The monoisotopic (exact) mass is 304 g/mol. The number of anilines is 1. The molecule has 1 atom stereocenters. The molecule has 1 fully saturated rings. The quantitative estimate of drug-likeness (QED) is 0.753. The van der Waals surface area contributed by atoms with Gasteiger partial charge in [0, 0.05) is 18.5 Å². The van der Waals surface area contributed by atoms with Crippen molar-refractivity contribution in [1.82, 2.24) is 4.98 Å². The molecular formula is C11H16N2O4S2. The van der Waals surface area contributed by atoms with Crippen LogP contribution in [0, 0.1) is 0 Å². The Hall–Kier alpha value is -1.15. The minimum absolute atomic E-state index is 0.0258. The molecule has 2 rings (SSSR count). The summed E-state index contributed by atoms with van der Waals surface area (Å²) in [6.45, 7) is 0. The van der Waals surface area contributed by atoms with E-state index < -0.39 is 9.84 Å². The van der Waals surface area contributed by atoms with Crippen molar-refractivity contribution in [2.75, 3.05) is 30.6 Å². The number of thiazole rings is 1. The fourth-order valence-electron chi connectivity index (χ4n) is 2.00. The van der Waals surface area contributed by atoms with E-state index in [0.29, 0.717) is 12.1 Å². The summed E-state index contributed by atoms with van der Waals surface area (Å²) in [7, 11) is 0.274. The lowest BCUT2D eigenvalue weighted by molar-refractivity contribution is -0.139. The first-order chi connectivity index (χ1) is 8.91. The van der Waals surface area contributed by atoms with Crippen molar-refractivity contribution in [3.8, 4) is 0 Å². The van der Waals surface area contributed by atoms with Crippen LogP contribution in [0.2, 0.25) is 0 Å². The Bertz CT molecular complexity index is 567. The third kappa shape index (κ3) is 3.44. The van der Waals surface area contributed by atoms with E-state index in [1.807, 2.05) is 11.9 Å². The van der Waals surface area contributed by atoms with E-state index in [2.05, 4.69) is 9.72 Å². The van der Waals surface area contributed by atoms with Gasteiger partial charge in [0.25, 0.3) is 0 Å². The number of hydrogen-bond donors (Lipinski definition) is 0. The molecule has 19 heavy (non-hydrogen) atoms. The maximum Gasteiger partial charge on any atom is 0.311 e. The van der Waals surface area contributed by atoms with E-state index >= 15 is 0 Å². The molecule has 0 aliphatic carbocycles. The Morgan fingerprint density at radius 2 is 2.37 bits per heavy atom. The number of nitrogens with zero attached hydrogens (tertiary/aromatic N) is 2. The lowest BCUT2D eigenvalue weighted by Crippen LogP contribution is -2.32. The van der Waals surface area contributed by atoms with E-state index in [-0.39, 0.29) is 29.9 Å². The molecule has 0 aromatic carbocycles. The van der Waals surface area contributed by atoms with E-state index in [1.165, 1.54) is 18.4 Å². The molecule has 1 aliphatic rings. The Kier molecular flexibility index (Phi) is 4.10. The Balaban J connectivity index is 2.04. The average Bonchev–Trinajstić information content (AvgIpc) is 2.95. The highest BCUT2D eigenvalue weighted by Crippen LogP contribution is 2.26. The highest BCUT2D eigenvalue weighted by Gasteiger charge is 2.31. The van der Waals surface area contributed by atoms with Crippen LogP contribution >= 0.6 is 11.3 Å². The third-order valence-electron chi connectivity index (χ3n) is 3.15. The van der Waals surface area contributed by atoms with Gasteiger partial charge in [0.1, 0.15) is 0 Å². The number of carbonyl (C=O) groups is 1. The first kappa shape index (κ1) is 14.3. The van der Waals surface area contributed by atoms with Gasteiger partial charge >= 0.3 is 5.97 Å². The highest BCUT2D eigenvalue weighted by atomic mass is 32.2.